The van der Waals surface area contributed by atoms with E-state index < -0.39 is 11.7 Å². The summed E-state index contributed by atoms with van der Waals surface area (Å²) in [5.74, 6) is -0.247. The van der Waals surface area contributed by atoms with Crippen LogP contribution in [0.25, 0.3) is 0 Å². The van der Waals surface area contributed by atoms with Crippen LogP contribution in [0, 0.1) is 6.92 Å². The topological polar surface area (TPSA) is 66.9 Å². The first-order chi connectivity index (χ1) is 13.3. The zero-order valence-corrected chi connectivity index (χ0v) is 14.9. The largest absolute Gasteiger partial charge is 0.416 e. The number of benzene rings is 2. The number of alkyl halides is 3. The lowest BCUT2D eigenvalue weighted by Gasteiger charge is -2.10. The van der Waals surface area contributed by atoms with Crippen LogP contribution in [0.15, 0.2) is 60.9 Å². The van der Waals surface area contributed by atoms with Crippen LogP contribution in [0.4, 0.5) is 24.8 Å². The molecule has 0 aliphatic heterocycles. The minimum absolute atomic E-state index is 0.0924. The molecule has 0 bridgehead atoms. The van der Waals surface area contributed by atoms with Gasteiger partial charge in [0, 0.05) is 24.6 Å². The van der Waals surface area contributed by atoms with Crippen molar-refractivity contribution >= 4 is 17.5 Å². The fourth-order valence-corrected chi connectivity index (χ4v) is 2.50. The van der Waals surface area contributed by atoms with Crippen LogP contribution in [0.1, 0.15) is 27.0 Å². The Balaban J connectivity index is 1.63. The maximum absolute atomic E-state index is 12.8. The number of nitrogens with one attached hydrogen (secondary N) is 2. The summed E-state index contributed by atoms with van der Waals surface area (Å²) in [4.78, 5) is 20.2. The maximum atomic E-state index is 12.8. The summed E-state index contributed by atoms with van der Waals surface area (Å²) >= 11 is 0. The summed E-state index contributed by atoms with van der Waals surface area (Å²) in [6.45, 7) is 2.33. The first-order valence-electron chi connectivity index (χ1n) is 8.42. The van der Waals surface area contributed by atoms with Gasteiger partial charge in [-0.2, -0.15) is 13.2 Å². The van der Waals surface area contributed by atoms with Gasteiger partial charge in [-0.25, -0.2) is 9.97 Å². The zero-order valence-electron chi connectivity index (χ0n) is 14.9. The van der Waals surface area contributed by atoms with E-state index in [1.807, 2.05) is 31.2 Å². The number of carbonyl (C=O) groups is 1. The van der Waals surface area contributed by atoms with Gasteiger partial charge >= 0.3 is 6.18 Å². The second-order valence-electron chi connectivity index (χ2n) is 6.11. The highest BCUT2D eigenvalue weighted by Gasteiger charge is 2.30. The van der Waals surface area contributed by atoms with E-state index in [0.717, 1.165) is 23.3 Å². The van der Waals surface area contributed by atoms with E-state index in [0.29, 0.717) is 6.54 Å². The normalized spacial score (nSPS) is 11.1. The summed E-state index contributed by atoms with van der Waals surface area (Å²) in [6.07, 6.45) is -1.80. The zero-order chi connectivity index (χ0) is 20.1. The molecule has 0 saturated carbocycles. The number of aryl methyl sites for hydroxylation is 1. The SMILES string of the molecule is Cc1ccccc1CNC(=O)c1cnc(Nc2cccc(C(F)(F)F)c2)nc1. The van der Waals surface area contributed by atoms with Gasteiger partial charge in [-0.15, -0.1) is 0 Å². The lowest BCUT2D eigenvalue weighted by molar-refractivity contribution is -0.137. The van der Waals surface area contributed by atoms with Crippen molar-refractivity contribution in [3.63, 3.8) is 0 Å². The third-order valence-corrected chi connectivity index (χ3v) is 4.06. The number of hydrogen-bond acceptors (Lipinski definition) is 4. The van der Waals surface area contributed by atoms with Gasteiger partial charge in [-0.3, -0.25) is 4.79 Å². The molecule has 0 aliphatic carbocycles. The van der Waals surface area contributed by atoms with Crippen LogP contribution >= 0.6 is 0 Å². The summed E-state index contributed by atoms with van der Waals surface area (Å²) in [6, 6.07) is 12.4. The van der Waals surface area contributed by atoms with Gasteiger partial charge in [0.15, 0.2) is 0 Å². The Morgan fingerprint density at radius 1 is 1.04 bits per heavy atom. The first kappa shape index (κ1) is 19.3. The van der Waals surface area contributed by atoms with Crippen molar-refractivity contribution < 1.29 is 18.0 Å². The summed E-state index contributed by atoms with van der Waals surface area (Å²) in [5, 5.41) is 5.48. The lowest BCUT2D eigenvalue weighted by atomic mass is 10.1. The van der Waals surface area contributed by atoms with Crippen LogP contribution in [0.5, 0.6) is 0 Å². The molecule has 1 aromatic heterocycles. The molecular weight excluding hydrogens is 369 g/mol. The Kier molecular flexibility index (Phi) is 5.58. The fourth-order valence-electron chi connectivity index (χ4n) is 2.50. The van der Waals surface area contributed by atoms with E-state index in [1.54, 1.807) is 0 Å². The van der Waals surface area contributed by atoms with Gasteiger partial charge in [0.2, 0.25) is 5.95 Å². The molecule has 0 atom stereocenters. The summed E-state index contributed by atoms with van der Waals surface area (Å²) in [5.41, 5.74) is 1.75. The van der Waals surface area contributed by atoms with Crippen molar-refractivity contribution in [1.82, 2.24) is 15.3 Å². The van der Waals surface area contributed by atoms with Crippen molar-refractivity contribution in [2.75, 3.05) is 5.32 Å². The predicted octanol–water partition coefficient (Wildman–Crippen LogP) is 4.48. The standard InChI is InChI=1S/C20H17F3N4O/c1-13-5-2-3-6-14(13)10-24-18(28)15-11-25-19(26-12-15)27-17-8-4-7-16(9-17)20(21,22)23/h2-9,11-12H,10H2,1H3,(H,24,28)(H,25,26,27). The molecule has 1 amide bonds. The fraction of sp³-hybridized carbons (Fsp3) is 0.150. The summed E-state index contributed by atoms with van der Waals surface area (Å²) in [7, 11) is 0. The molecule has 1 heterocycles. The van der Waals surface area contributed by atoms with Gasteiger partial charge in [-0.1, -0.05) is 30.3 Å². The number of amides is 1. The van der Waals surface area contributed by atoms with Gasteiger partial charge in [0.25, 0.3) is 5.91 Å². The van der Waals surface area contributed by atoms with E-state index in [9.17, 15) is 18.0 Å². The lowest BCUT2D eigenvalue weighted by Crippen LogP contribution is -2.23. The molecule has 0 spiro atoms. The van der Waals surface area contributed by atoms with Crippen molar-refractivity contribution in [2.24, 2.45) is 0 Å². The minimum Gasteiger partial charge on any atom is -0.348 e. The van der Waals surface area contributed by atoms with E-state index in [4.69, 9.17) is 0 Å². The third-order valence-electron chi connectivity index (χ3n) is 4.06. The number of halogens is 3. The van der Waals surface area contributed by atoms with Crippen LogP contribution in [0.3, 0.4) is 0 Å². The van der Waals surface area contributed by atoms with Crippen LogP contribution in [-0.4, -0.2) is 15.9 Å². The Bertz CT molecular complexity index is 972. The van der Waals surface area contributed by atoms with Crippen LogP contribution < -0.4 is 10.6 Å². The third kappa shape index (κ3) is 4.85. The van der Waals surface area contributed by atoms with E-state index in [1.165, 1.54) is 24.5 Å². The molecule has 0 unspecified atom stereocenters. The molecule has 28 heavy (non-hydrogen) atoms. The molecule has 3 rings (SSSR count). The molecule has 0 radical (unpaired) electrons. The predicted molar refractivity (Wildman–Crippen MR) is 99.1 cm³/mol. The number of carbonyl (C=O) groups excluding carboxylic acids is 1. The molecule has 3 aromatic rings. The number of aromatic nitrogens is 2. The molecule has 0 saturated heterocycles. The monoisotopic (exact) mass is 386 g/mol. The molecule has 0 fully saturated rings. The highest BCUT2D eigenvalue weighted by Crippen LogP contribution is 2.31. The quantitative estimate of drug-likeness (QED) is 0.679. The Hall–Kier alpha value is -3.42. The number of rotatable bonds is 5. The molecule has 2 aromatic carbocycles. The Morgan fingerprint density at radius 2 is 1.75 bits per heavy atom. The number of anilines is 2. The van der Waals surface area contributed by atoms with Gasteiger partial charge in [-0.05, 0) is 36.2 Å². The van der Waals surface area contributed by atoms with Crippen LogP contribution in [0.2, 0.25) is 0 Å². The molecule has 0 aliphatic rings. The van der Waals surface area contributed by atoms with Gasteiger partial charge < -0.3 is 10.6 Å². The second kappa shape index (κ2) is 8.08. The summed E-state index contributed by atoms with van der Waals surface area (Å²) < 4.78 is 38.3. The van der Waals surface area contributed by atoms with E-state index in [2.05, 4.69) is 20.6 Å². The molecule has 144 valence electrons. The molecule has 2 N–H and O–H groups in total. The number of nitrogens with zero attached hydrogens (tertiary/aromatic N) is 2. The van der Waals surface area contributed by atoms with Gasteiger partial charge in [0.05, 0.1) is 11.1 Å². The second-order valence-corrected chi connectivity index (χ2v) is 6.11. The highest BCUT2D eigenvalue weighted by atomic mass is 19.4. The van der Waals surface area contributed by atoms with Gasteiger partial charge in [0.1, 0.15) is 0 Å². The average Bonchev–Trinajstić information content (AvgIpc) is 2.67. The van der Waals surface area contributed by atoms with Crippen molar-refractivity contribution in [3.8, 4) is 0 Å². The smallest absolute Gasteiger partial charge is 0.348 e. The van der Waals surface area contributed by atoms with Crippen LogP contribution in [-0.2, 0) is 12.7 Å². The van der Waals surface area contributed by atoms with E-state index >= 15 is 0 Å². The van der Waals surface area contributed by atoms with E-state index in [-0.39, 0.29) is 23.1 Å². The maximum Gasteiger partial charge on any atom is 0.416 e. The molecule has 8 heteroatoms. The minimum atomic E-state index is -4.43. The Morgan fingerprint density at radius 3 is 2.43 bits per heavy atom. The average molecular weight is 386 g/mol. The van der Waals surface area contributed by atoms with Crippen molar-refractivity contribution in [2.45, 2.75) is 19.6 Å². The molecule has 5 nitrogen and oxygen atoms in total. The highest BCUT2D eigenvalue weighted by molar-refractivity contribution is 5.93. The number of hydrogen-bond donors (Lipinski definition) is 2. The molecular formula is C20H17F3N4O. The van der Waals surface area contributed by atoms with Crippen molar-refractivity contribution in [1.29, 1.82) is 0 Å². The Labute approximate surface area is 159 Å². The van der Waals surface area contributed by atoms with Crippen molar-refractivity contribution in [3.05, 3.63) is 83.2 Å². The first-order valence-corrected chi connectivity index (χ1v) is 8.42.